The molecule has 1 aromatic carbocycles. The van der Waals surface area contributed by atoms with E-state index >= 15 is 0 Å². The zero-order chi connectivity index (χ0) is 19.4. The maximum absolute atomic E-state index is 13.0. The second-order valence-electron chi connectivity index (χ2n) is 7.33. The van der Waals surface area contributed by atoms with Crippen LogP contribution in [0.4, 0.5) is 0 Å². The molecule has 0 radical (unpaired) electrons. The van der Waals surface area contributed by atoms with E-state index in [4.69, 9.17) is 0 Å². The van der Waals surface area contributed by atoms with Crippen molar-refractivity contribution in [1.82, 2.24) is 20.4 Å². The molecule has 144 valence electrons. The van der Waals surface area contributed by atoms with Crippen LogP contribution in [0.25, 0.3) is 0 Å². The largest absolute Gasteiger partial charge is 0.347 e. The number of rotatable bonds is 6. The Balaban J connectivity index is 1.74. The van der Waals surface area contributed by atoms with Crippen LogP contribution in [-0.2, 0) is 18.3 Å². The number of nitrogens with zero attached hydrogens (tertiary/aromatic N) is 2. The third kappa shape index (κ3) is 4.21. The average molecular weight is 368 g/mol. The van der Waals surface area contributed by atoms with Gasteiger partial charge in [0.05, 0.1) is 12.2 Å². The minimum Gasteiger partial charge on any atom is -0.347 e. The maximum atomic E-state index is 13.0. The van der Waals surface area contributed by atoms with E-state index in [0.717, 1.165) is 31.2 Å². The molecule has 0 fully saturated rings. The Morgan fingerprint density at radius 1 is 1.30 bits per heavy atom. The van der Waals surface area contributed by atoms with Crippen molar-refractivity contribution in [2.75, 3.05) is 0 Å². The lowest BCUT2D eigenvalue weighted by molar-refractivity contribution is -0.125. The molecule has 1 aliphatic rings. The molecule has 3 unspecified atom stereocenters. The SMILES string of the molecule is CCC(C)C(NC(=O)c1ccccc1)C(=O)NC1CCCc2c1cnn2C. The number of benzene rings is 1. The van der Waals surface area contributed by atoms with E-state index in [0.29, 0.717) is 5.56 Å². The second-order valence-corrected chi connectivity index (χ2v) is 7.33. The lowest BCUT2D eigenvalue weighted by atomic mass is 9.91. The normalized spacial score (nSPS) is 18.3. The van der Waals surface area contributed by atoms with Crippen molar-refractivity contribution in [3.63, 3.8) is 0 Å². The van der Waals surface area contributed by atoms with Crippen LogP contribution in [0.2, 0.25) is 0 Å². The van der Waals surface area contributed by atoms with Crippen LogP contribution in [0.5, 0.6) is 0 Å². The summed E-state index contributed by atoms with van der Waals surface area (Å²) < 4.78 is 1.89. The van der Waals surface area contributed by atoms with Gasteiger partial charge in [0.15, 0.2) is 0 Å². The van der Waals surface area contributed by atoms with Crippen molar-refractivity contribution in [2.24, 2.45) is 13.0 Å². The van der Waals surface area contributed by atoms with Crippen molar-refractivity contribution in [3.8, 4) is 0 Å². The molecule has 2 aromatic rings. The number of amides is 2. The fourth-order valence-electron chi connectivity index (χ4n) is 3.63. The van der Waals surface area contributed by atoms with Crippen LogP contribution in [0.15, 0.2) is 36.5 Å². The summed E-state index contributed by atoms with van der Waals surface area (Å²) >= 11 is 0. The smallest absolute Gasteiger partial charge is 0.251 e. The number of aryl methyl sites for hydroxylation is 1. The molecule has 3 rings (SSSR count). The van der Waals surface area contributed by atoms with Gasteiger partial charge in [0.25, 0.3) is 5.91 Å². The van der Waals surface area contributed by atoms with E-state index in [1.54, 1.807) is 12.1 Å². The molecular formula is C21H28N4O2. The van der Waals surface area contributed by atoms with E-state index in [1.165, 1.54) is 5.69 Å². The molecule has 1 aromatic heterocycles. The number of hydrogen-bond donors (Lipinski definition) is 2. The highest BCUT2D eigenvalue weighted by molar-refractivity contribution is 5.97. The third-order valence-corrected chi connectivity index (χ3v) is 5.51. The van der Waals surface area contributed by atoms with Crippen LogP contribution in [0.3, 0.4) is 0 Å². The van der Waals surface area contributed by atoms with Crippen molar-refractivity contribution in [1.29, 1.82) is 0 Å². The minimum absolute atomic E-state index is 0.0367. The van der Waals surface area contributed by atoms with Crippen LogP contribution in [0.1, 0.15) is 60.8 Å². The number of nitrogens with one attached hydrogen (secondary N) is 2. The van der Waals surface area contributed by atoms with Gasteiger partial charge in [0.2, 0.25) is 5.91 Å². The summed E-state index contributed by atoms with van der Waals surface area (Å²) in [7, 11) is 1.94. The first kappa shape index (κ1) is 19.1. The Labute approximate surface area is 160 Å². The molecule has 0 saturated carbocycles. The summed E-state index contributed by atoms with van der Waals surface area (Å²) in [6.45, 7) is 4.02. The zero-order valence-corrected chi connectivity index (χ0v) is 16.2. The minimum atomic E-state index is -0.565. The van der Waals surface area contributed by atoms with Crippen molar-refractivity contribution >= 4 is 11.8 Å². The summed E-state index contributed by atoms with van der Waals surface area (Å²) in [6, 6.07) is 8.40. The van der Waals surface area contributed by atoms with E-state index < -0.39 is 6.04 Å². The van der Waals surface area contributed by atoms with Gasteiger partial charge in [-0.3, -0.25) is 14.3 Å². The highest BCUT2D eigenvalue weighted by Crippen LogP contribution is 2.29. The lowest BCUT2D eigenvalue weighted by Crippen LogP contribution is -2.51. The predicted octanol–water partition coefficient (Wildman–Crippen LogP) is 2.76. The lowest BCUT2D eigenvalue weighted by Gasteiger charge is -2.28. The van der Waals surface area contributed by atoms with Crippen LogP contribution < -0.4 is 10.6 Å². The van der Waals surface area contributed by atoms with E-state index in [1.807, 2.05) is 50.0 Å². The molecule has 0 aliphatic heterocycles. The first-order chi connectivity index (χ1) is 13.0. The molecule has 1 heterocycles. The average Bonchev–Trinajstić information content (AvgIpc) is 3.08. The van der Waals surface area contributed by atoms with Crippen molar-refractivity contribution in [3.05, 3.63) is 53.3 Å². The highest BCUT2D eigenvalue weighted by atomic mass is 16.2. The second kappa shape index (κ2) is 8.37. The van der Waals surface area contributed by atoms with Crippen LogP contribution in [-0.4, -0.2) is 27.6 Å². The Kier molecular flexibility index (Phi) is 5.94. The Hall–Kier alpha value is -2.63. The molecule has 6 heteroatoms. The standard InChI is InChI=1S/C21H28N4O2/c1-4-14(2)19(24-20(26)15-9-6-5-7-10-15)21(27)23-17-11-8-12-18-16(17)13-22-25(18)3/h5-7,9-10,13-14,17,19H,4,8,11-12H2,1-3H3,(H,23,27)(H,24,26). The van der Waals surface area contributed by atoms with Gasteiger partial charge in [-0.15, -0.1) is 0 Å². The maximum Gasteiger partial charge on any atom is 0.251 e. The summed E-state index contributed by atoms with van der Waals surface area (Å²) in [5.74, 6) is -0.313. The first-order valence-corrected chi connectivity index (χ1v) is 9.68. The van der Waals surface area contributed by atoms with E-state index in [2.05, 4.69) is 15.7 Å². The summed E-state index contributed by atoms with van der Waals surface area (Å²) in [4.78, 5) is 25.6. The quantitative estimate of drug-likeness (QED) is 0.823. The zero-order valence-electron chi connectivity index (χ0n) is 16.2. The third-order valence-electron chi connectivity index (χ3n) is 5.51. The fourth-order valence-corrected chi connectivity index (χ4v) is 3.63. The summed E-state index contributed by atoms with van der Waals surface area (Å²) in [5.41, 5.74) is 2.83. The van der Waals surface area contributed by atoms with Gasteiger partial charge in [-0.1, -0.05) is 38.5 Å². The fraction of sp³-hybridized carbons (Fsp3) is 0.476. The summed E-state index contributed by atoms with van der Waals surface area (Å²) in [6.07, 6.45) is 5.54. The number of carbonyl (C=O) groups excluding carboxylic acids is 2. The molecule has 27 heavy (non-hydrogen) atoms. The molecule has 0 bridgehead atoms. The van der Waals surface area contributed by atoms with Gasteiger partial charge >= 0.3 is 0 Å². The first-order valence-electron chi connectivity index (χ1n) is 9.68. The van der Waals surface area contributed by atoms with Gasteiger partial charge in [-0.2, -0.15) is 5.10 Å². The van der Waals surface area contributed by atoms with Crippen LogP contribution >= 0.6 is 0 Å². The molecular weight excluding hydrogens is 340 g/mol. The molecule has 2 amide bonds. The van der Waals surface area contributed by atoms with E-state index in [-0.39, 0.29) is 23.8 Å². The van der Waals surface area contributed by atoms with Gasteiger partial charge in [0.1, 0.15) is 6.04 Å². The van der Waals surface area contributed by atoms with Gasteiger partial charge in [-0.25, -0.2) is 0 Å². The number of hydrogen-bond acceptors (Lipinski definition) is 3. The highest BCUT2D eigenvalue weighted by Gasteiger charge is 2.30. The number of fused-ring (bicyclic) bond motifs is 1. The Bertz CT molecular complexity index is 800. The molecule has 0 saturated heterocycles. The number of carbonyl (C=O) groups is 2. The molecule has 1 aliphatic carbocycles. The summed E-state index contributed by atoms with van der Waals surface area (Å²) in [5, 5.41) is 10.4. The van der Waals surface area contributed by atoms with Crippen molar-refractivity contribution in [2.45, 2.75) is 51.6 Å². The predicted molar refractivity (Wildman–Crippen MR) is 104 cm³/mol. The van der Waals surface area contributed by atoms with Crippen LogP contribution in [0, 0.1) is 5.92 Å². The molecule has 0 spiro atoms. The number of aromatic nitrogens is 2. The molecule has 2 N–H and O–H groups in total. The Morgan fingerprint density at radius 3 is 2.74 bits per heavy atom. The van der Waals surface area contributed by atoms with Crippen molar-refractivity contribution < 1.29 is 9.59 Å². The molecule has 6 nitrogen and oxygen atoms in total. The van der Waals surface area contributed by atoms with Gasteiger partial charge < -0.3 is 10.6 Å². The topological polar surface area (TPSA) is 76.0 Å². The van der Waals surface area contributed by atoms with Gasteiger partial charge in [0, 0.05) is 23.9 Å². The van der Waals surface area contributed by atoms with Gasteiger partial charge in [-0.05, 0) is 37.3 Å². The van der Waals surface area contributed by atoms with E-state index in [9.17, 15) is 9.59 Å². The molecule has 3 atom stereocenters. The monoisotopic (exact) mass is 368 g/mol. The Morgan fingerprint density at radius 2 is 2.04 bits per heavy atom.